The summed E-state index contributed by atoms with van der Waals surface area (Å²) in [6.07, 6.45) is 8.65. The number of rotatable bonds is 8. The molecule has 214 valence electrons. The zero-order valence-electron chi connectivity index (χ0n) is 23.5. The summed E-state index contributed by atoms with van der Waals surface area (Å²) in [5.74, 6) is 2.45. The highest BCUT2D eigenvalue weighted by atomic mass is 16.5. The summed E-state index contributed by atoms with van der Waals surface area (Å²) >= 11 is 0. The van der Waals surface area contributed by atoms with Crippen molar-refractivity contribution in [3.8, 4) is 5.75 Å². The van der Waals surface area contributed by atoms with Gasteiger partial charge in [0.1, 0.15) is 11.4 Å². The zero-order chi connectivity index (χ0) is 27.6. The molecule has 3 fully saturated rings. The molecule has 2 amide bonds. The number of hydrogen-bond donors (Lipinski definition) is 3. The number of aromatic nitrogens is 2. The molecule has 6 rings (SSSR count). The lowest BCUT2D eigenvalue weighted by atomic mass is 9.95. The lowest BCUT2D eigenvalue weighted by molar-refractivity contribution is -0.117. The second-order valence-electron chi connectivity index (χ2n) is 11.5. The van der Waals surface area contributed by atoms with Crippen LogP contribution in [0, 0.1) is 5.92 Å². The number of ether oxygens (including phenoxy) is 1. The van der Waals surface area contributed by atoms with Gasteiger partial charge in [-0.3, -0.25) is 14.5 Å². The molecule has 1 saturated carbocycles. The van der Waals surface area contributed by atoms with E-state index in [2.05, 4.69) is 30.7 Å². The van der Waals surface area contributed by atoms with Crippen molar-refractivity contribution in [3.05, 3.63) is 30.0 Å². The van der Waals surface area contributed by atoms with Crippen LogP contribution in [0.15, 0.2) is 24.4 Å². The third-order valence-electron chi connectivity index (χ3n) is 8.81. The average Bonchev–Trinajstić information content (AvgIpc) is 3.49. The Kier molecular flexibility index (Phi) is 7.75. The predicted octanol–water partition coefficient (Wildman–Crippen LogP) is 2.37. The Hall–Kier alpha value is -3.44. The maximum Gasteiger partial charge on any atom is 0.251 e. The van der Waals surface area contributed by atoms with Gasteiger partial charge in [0.15, 0.2) is 5.82 Å². The summed E-state index contributed by atoms with van der Waals surface area (Å²) in [6.45, 7) is 5.48. The summed E-state index contributed by atoms with van der Waals surface area (Å²) in [4.78, 5) is 41.1. The summed E-state index contributed by atoms with van der Waals surface area (Å²) < 4.78 is 5.63. The van der Waals surface area contributed by atoms with E-state index >= 15 is 0 Å². The molecule has 1 aromatic carbocycles. The topological polar surface area (TPSA) is 115 Å². The fraction of sp³-hybridized carbons (Fsp3) is 0.586. The maximum absolute atomic E-state index is 13.0. The zero-order valence-corrected chi connectivity index (χ0v) is 23.5. The van der Waals surface area contributed by atoms with Crippen LogP contribution in [-0.2, 0) is 4.79 Å². The van der Waals surface area contributed by atoms with Gasteiger partial charge in [0.25, 0.3) is 5.91 Å². The highest BCUT2D eigenvalue weighted by Crippen LogP contribution is 2.37. The second-order valence-corrected chi connectivity index (χ2v) is 11.5. The number of nitrogens with zero attached hydrogens (tertiary/aromatic N) is 5. The van der Waals surface area contributed by atoms with Crippen molar-refractivity contribution in [2.24, 2.45) is 5.92 Å². The number of amides is 2. The molecule has 2 saturated heterocycles. The van der Waals surface area contributed by atoms with E-state index in [9.17, 15) is 9.59 Å². The first kappa shape index (κ1) is 26.8. The molecular weight excluding hydrogens is 508 g/mol. The molecule has 0 atom stereocenters. The molecule has 4 aliphatic rings. The number of carbonyl (C=O) groups is 2. The molecule has 3 aliphatic heterocycles. The number of fused-ring (bicyclic) bond motifs is 1. The van der Waals surface area contributed by atoms with Crippen LogP contribution in [0.5, 0.6) is 5.75 Å². The van der Waals surface area contributed by atoms with Crippen molar-refractivity contribution in [2.45, 2.75) is 50.6 Å². The van der Waals surface area contributed by atoms with Gasteiger partial charge in [0.05, 0.1) is 31.6 Å². The Morgan fingerprint density at radius 2 is 1.93 bits per heavy atom. The van der Waals surface area contributed by atoms with Crippen LogP contribution < -0.4 is 30.5 Å². The Morgan fingerprint density at radius 1 is 1.15 bits per heavy atom. The highest BCUT2D eigenvalue weighted by Gasteiger charge is 2.35. The van der Waals surface area contributed by atoms with Crippen molar-refractivity contribution in [3.63, 3.8) is 0 Å². The predicted molar refractivity (Wildman–Crippen MR) is 155 cm³/mol. The van der Waals surface area contributed by atoms with Crippen molar-refractivity contribution >= 4 is 35.0 Å². The van der Waals surface area contributed by atoms with Gasteiger partial charge in [-0.05, 0) is 62.9 Å². The van der Waals surface area contributed by atoms with Crippen molar-refractivity contribution in [2.75, 3.05) is 68.5 Å². The van der Waals surface area contributed by atoms with Crippen molar-refractivity contribution < 1.29 is 14.3 Å². The second kappa shape index (κ2) is 11.6. The molecule has 0 radical (unpaired) electrons. The van der Waals surface area contributed by atoms with Crippen LogP contribution in [0.3, 0.4) is 0 Å². The molecule has 40 heavy (non-hydrogen) atoms. The number of hydrogen-bond acceptors (Lipinski definition) is 9. The van der Waals surface area contributed by atoms with Gasteiger partial charge in [0.2, 0.25) is 11.9 Å². The molecular formula is C29H40N8O3. The Balaban J connectivity index is 1.10. The Bertz CT molecular complexity index is 1240. The number of anilines is 4. The minimum absolute atomic E-state index is 0.0515. The molecule has 2 aromatic rings. The van der Waals surface area contributed by atoms with E-state index in [0.29, 0.717) is 35.5 Å². The number of methoxy groups -OCH3 is 1. The quantitative estimate of drug-likeness (QED) is 0.457. The molecule has 1 aromatic heterocycles. The summed E-state index contributed by atoms with van der Waals surface area (Å²) in [5.41, 5.74) is 1.94. The number of likely N-dealkylation sites (N-methyl/N-ethyl adjacent to an activating group) is 1. The van der Waals surface area contributed by atoms with Crippen LogP contribution in [0.2, 0.25) is 0 Å². The standard InChI is InChI=1S/C29H40N8O3/c1-35-24-14-31-29(34-27(24)37(18-26(35)38)22-5-3-4-6-22)33-23-8-7-20(13-25(23)40-2)28(39)32-21-16-36(17-21)15-19-9-11-30-12-10-19/h7-8,13-14,19,21-22,30H,3-6,9-12,15-18H2,1-2H3,(H,32,39)(H,31,33,34). The fourth-order valence-electron chi connectivity index (χ4n) is 6.42. The minimum atomic E-state index is -0.0960. The van der Waals surface area contributed by atoms with Gasteiger partial charge >= 0.3 is 0 Å². The molecule has 1 aliphatic carbocycles. The minimum Gasteiger partial charge on any atom is -0.495 e. The van der Waals surface area contributed by atoms with E-state index in [4.69, 9.17) is 9.72 Å². The van der Waals surface area contributed by atoms with E-state index in [-0.39, 0.29) is 17.9 Å². The van der Waals surface area contributed by atoms with E-state index < -0.39 is 0 Å². The van der Waals surface area contributed by atoms with Gasteiger partial charge in [-0.25, -0.2) is 4.98 Å². The van der Waals surface area contributed by atoms with E-state index in [1.807, 2.05) is 6.07 Å². The molecule has 11 heteroatoms. The van der Waals surface area contributed by atoms with Crippen LogP contribution in [0.4, 0.5) is 23.1 Å². The number of nitrogens with one attached hydrogen (secondary N) is 3. The third-order valence-corrected chi connectivity index (χ3v) is 8.81. The molecule has 0 spiro atoms. The average molecular weight is 549 g/mol. The van der Waals surface area contributed by atoms with Crippen molar-refractivity contribution in [1.29, 1.82) is 0 Å². The third kappa shape index (κ3) is 5.57. The first-order valence-electron chi connectivity index (χ1n) is 14.6. The molecule has 0 unspecified atom stereocenters. The van der Waals surface area contributed by atoms with Crippen LogP contribution in [-0.4, -0.2) is 92.2 Å². The Labute approximate surface area is 235 Å². The number of carbonyl (C=O) groups excluding carboxylic acids is 2. The Morgan fingerprint density at radius 3 is 2.67 bits per heavy atom. The lowest BCUT2D eigenvalue weighted by Gasteiger charge is -2.42. The maximum atomic E-state index is 13.0. The largest absolute Gasteiger partial charge is 0.495 e. The van der Waals surface area contributed by atoms with Crippen LogP contribution in [0.25, 0.3) is 0 Å². The highest BCUT2D eigenvalue weighted by molar-refractivity contribution is 6.02. The van der Waals surface area contributed by atoms with E-state index in [1.54, 1.807) is 37.4 Å². The van der Waals surface area contributed by atoms with Gasteiger partial charge in [0, 0.05) is 38.3 Å². The molecule has 3 N–H and O–H groups in total. The molecule has 11 nitrogen and oxygen atoms in total. The first-order chi connectivity index (χ1) is 19.5. The number of likely N-dealkylation sites (tertiary alicyclic amines) is 1. The van der Waals surface area contributed by atoms with Gasteiger partial charge < -0.3 is 30.5 Å². The van der Waals surface area contributed by atoms with Gasteiger partial charge in [-0.1, -0.05) is 12.8 Å². The summed E-state index contributed by atoms with van der Waals surface area (Å²) in [5, 5.41) is 9.85. The van der Waals surface area contributed by atoms with Crippen molar-refractivity contribution in [1.82, 2.24) is 25.5 Å². The first-order valence-corrected chi connectivity index (χ1v) is 14.6. The van der Waals surface area contributed by atoms with Crippen LogP contribution in [0.1, 0.15) is 48.9 Å². The monoisotopic (exact) mass is 548 g/mol. The SMILES string of the molecule is COc1cc(C(=O)NC2CN(CC3CCNCC3)C2)ccc1Nc1ncc2c(n1)N(C1CCCC1)CC(=O)N2C. The van der Waals surface area contributed by atoms with Gasteiger partial charge in [-0.2, -0.15) is 4.98 Å². The summed E-state index contributed by atoms with van der Waals surface area (Å²) in [6, 6.07) is 5.86. The van der Waals surface area contributed by atoms with Crippen LogP contribution >= 0.6 is 0 Å². The van der Waals surface area contributed by atoms with E-state index in [1.165, 1.54) is 25.7 Å². The smallest absolute Gasteiger partial charge is 0.251 e. The lowest BCUT2D eigenvalue weighted by Crippen LogP contribution is -2.60. The summed E-state index contributed by atoms with van der Waals surface area (Å²) in [7, 11) is 3.36. The van der Waals surface area contributed by atoms with Gasteiger partial charge in [-0.15, -0.1) is 0 Å². The fourth-order valence-corrected chi connectivity index (χ4v) is 6.42. The normalized spacial score (nSPS) is 20.8. The molecule has 0 bridgehead atoms. The number of benzene rings is 1. The number of piperidine rings is 1. The molecule has 4 heterocycles. The van der Waals surface area contributed by atoms with E-state index in [0.717, 1.165) is 63.0 Å².